The Morgan fingerprint density at radius 2 is 0.885 bits per heavy atom. The number of halogens is 1. The highest BCUT2D eigenvalue weighted by molar-refractivity contribution is 6.17. The van der Waals surface area contributed by atoms with Crippen molar-refractivity contribution in [2.45, 2.75) is 38.6 Å². The van der Waals surface area contributed by atoms with Crippen molar-refractivity contribution in [1.82, 2.24) is 53.7 Å². The van der Waals surface area contributed by atoms with Crippen LogP contribution in [0.3, 0.4) is 0 Å². The smallest absolute Gasteiger partial charge is 0.127 e. The molecule has 7 heterocycles. The first-order valence-corrected chi connectivity index (χ1v) is 21.9. The lowest BCUT2D eigenvalue weighted by atomic mass is 10.2. The van der Waals surface area contributed by atoms with E-state index in [0.717, 1.165) is 172 Å². The molecule has 3 aliphatic heterocycles. The van der Waals surface area contributed by atoms with E-state index in [4.69, 9.17) is 45.7 Å². The van der Waals surface area contributed by atoms with Gasteiger partial charge in [-0.2, -0.15) is 0 Å². The average Bonchev–Trinajstić information content (AvgIpc) is 4.08. The molecule has 0 radical (unpaired) electrons. The number of imidazole rings is 4. The third kappa shape index (κ3) is 9.21. The Balaban J connectivity index is 0.000000148. The van der Waals surface area contributed by atoms with Crippen LogP contribution in [0.15, 0.2) is 84.9 Å². The van der Waals surface area contributed by atoms with Crippen LogP contribution in [0.25, 0.3) is 44.1 Å². The van der Waals surface area contributed by atoms with Gasteiger partial charge in [0.1, 0.15) is 23.3 Å². The Bertz CT molecular complexity index is 2660. The topological polar surface area (TPSA) is 130 Å². The van der Waals surface area contributed by atoms with E-state index in [9.17, 15) is 0 Å². The summed E-state index contributed by atoms with van der Waals surface area (Å²) in [5.74, 6) is 4.51. The minimum absolute atomic E-state index is 0.491. The molecule has 3 saturated heterocycles. The van der Waals surface area contributed by atoms with E-state index >= 15 is 0 Å². The fourth-order valence-corrected chi connectivity index (χ4v) is 8.79. The molecule has 14 nitrogen and oxygen atoms in total. The lowest BCUT2D eigenvalue weighted by molar-refractivity contribution is 0.0326. The van der Waals surface area contributed by atoms with Gasteiger partial charge in [0.25, 0.3) is 0 Å². The van der Waals surface area contributed by atoms with Gasteiger partial charge in [-0.15, -0.1) is 11.6 Å². The number of hydrogen-bond acceptors (Lipinski definition) is 10. The van der Waals surface area contributed by atoms with Crippen molar-refractivity contribution in [3.05, 3.63) is 119 Å². The van der Waals surface area contributed by atoms with Crippen LogP contribution in [0, 0.1) is 0 Å². The maximum Gasteiger partial charge on any atom is 0.127 e. The predicted molar refractivity (Wildman–Crippen MR) is 238 cm³/mol. The van der Waals surface area contributed by atoms with Gasteiger partial charge in [-0.3, -0.25) is 14.7 Å². The number of para-hydroxylation sites is 4. The van der Waals surface area contributed by atoms with Crippen LogP contribution >= 0.6 is 11.6 Å². The first-order chi connectivity index (χ1) is 30.1. The summed E-state index contributed by atoms with van der Waals surface area (Å²) in [6.45, 7) is 14.4. The number of benzene rings is 4. The number of fused-ring (bicyclic) bond motifs is 4. The summed E-state index contributed by atoms with van der Waals surface area (Å²) in [5, 5.41) is 0. The molecule has 0 aliphatic carbocycles. The molecule has 3 aliphatic rings. The SMILES string of the molecule is ClCc1ccc2c(c1)nc(CN1CCOCC1)n2Cc1nc2ccccc2[nH]1.c1ccc2[nH]c(Cn3c(CN4CCOCC4)nc4cc(CN5CCOCC5)ccc43)nc2c1. The second-order valence-electron chi connectivity index (χ2n) is 16.1. The van der Waals surface area contributed by atoms with E-state index in [2.05, 4.69) is 82.3 Å². The van der Waals surface area contributed by atoms with Crippen molar-refractivity contribution in [3.8, 4) is 0 Å². The van der Waals surface area contributed by atoms with E-state index < -0.39 is 0 Å². The van der Waals surface area contributed by atoms with Crippen LogP contribution in [-0.4, -0.2) is 133 Å². The van der Waals surface area contributed by atoms with E-state index in [1.807, 2.05) is 36.4 Å². The Kier molecular flexibility index (Phi) is 12.1. The van der Waals surface area contributed by atoms with Gasteiger partial charge >= 0.3 is 0 Å². The quantitative estimate of drug-likeness (QED) is 0.146. The first-order valence-electron chi connectivity index (χ1n) is 21.4. The molecule has 0 amide bonds. The van der Waals surface area contributed by atoms with Gasteiger partial charge in [-0.05, 0) is 59.7 Å². The summed E-state index contributed by atoms with van der Waals surface area (Å²) in [7, 11) is 0. The standard InChI is InChI=1S/C25H30N6O2.C21H22ClN5O/c1-2-4-21-20(3-1)26-24(27-21)17-31-23-6-5-19(16-29-7-11-32-12-8-29)15-22(23)28-25(31)18-30-9-13-33-14-10-30;22-12-15-5-6-19-18(11-15)25-21(14-26-7-9-28-10-8-26)27(19)13-20-23-16-3-1-2-4-17(16)24-20/h1-6,15H,7-14,16-18H2,(H,26,27);1-6,11H,7-10,12-14H2,(H,23,24). The van der Waals surface area contributed by atoms with E-state index in [1.54, 1.807) is 0 Å². The summed E-state index contributed by atoms with van der Waals surface area (Å²) in [6, 6.07) is 29.3. The fourth-order valence-electron chi connectivity index (χ4n) is 8.62. The molecule has 0 atom stereocenters. The zero-order valence-electron chi connectivity index (χ0n) is 34.4. The monoisotopic (exact) mass is 841 g/mol. The highest BCUT2D eigenvalue weighted by Gasteiger charge is 2.21. The number of aromatic amines is 2. The van der Waals surface area contributed by atoms with E-state index in [0.29, 0.717) is 19.0 Å². The average molecular weight is 842 g/mol. The molecule has 2 N–H and O–H groups in total. The van der Waals surface area contributed by atoms with Crippen LogP contribution in [0.4, 0.5) is 0 Å². The molecule has 0 saturated carbocycles. The van der Waals surface area contributed by atoms with Crippen molar-refractivity contribution in [2.24, 2.45) is 0 Å². The number of aromatic nitrogens is 8. The molecule has 3 fully saturated rings. The normalized spacial score (nSPS) is 17.1. The largest absolute Gasteiger partial charge is 0.379 e. The minimum Gasteiger partial charge on any atom is -0.379 e. The highest BCUT2D eigenvalue weighted by atomic mass is 35.5. The molecule has 15 heteroatoms. The second-order valence-corrected chi connectivity index (χ2v) is 16.3. The van der Waals surface area contributed by atoms with Gasteiger partial charge in [-0.1, -0.05) is 36.4 Å². The van der Waals surface area contributed by atoms with Gasteiger partial charge in [0.05, 0.1) is 110 Å². The molecule has 8 aromatic rings. The van der Waals surface area contributed by atoms with Crippen LogP contribution < -0.4 is 0 Å². The van der Waals surface area contributed by atoms with E-state index in [1.165, 1.54) is 5.56 Å². The maximum absolute atomic E-state index is 6.03. The van der Waals surface area contributed by atoms with Crippen molar-refractivity contribution < 1.29 is 14.2 Å². The van der Waals surface area contributed by atoms with Gasteiger partial charge in [-0.25, -0.2) is 19.9 Å². The van der Waals surface area contributed by atoms with Gasteiger partial charge in [0.2, 0.25) is 0 Å². The second kappa shape index (κ2) is 18.4. The van der Waals surface area contributed by atoms with Crippen molar-refractivity contribution >= 4 is 55.7 Å². The van der Waals surface area contributed by atoms with Crippen molar-refractivity contribution in [3.63, 3.8) is 0 Å². The fraction of sp³-hybridized carbons (Fsp3) is 0.391. The molecule has 61 heavy (non-hydrogen) atoms. The summed E-state index contributed by atoms with van der Waals surface area (Å²) in [4.78, 5) is 33.8. The zero-order valence-corrected chi connectivity index (χ0v) is 35.2. The number of H-pyrrole nitrogens is 2. The van der Waals surface area contributed by atoms with Crippen molar-refractivity contribution in [2.75, 3.05) is 78.9 Å². The Morgan fingerprint density at radius 3 is 1.34 bits per heavy atom. The lowest BCUT2D eigenvalue weighted by Gasteiger charge is -2.26. The number of alkyl halides is 1. The van der Waals surface area contributed by atoms with Gasteiger partial charge in [0.15, 0.2) is 0 Å². The number of nitrogens with one attached hydrogen (secondary N) is 2. The third-order valence-corrected chi connectivity index (χ3v) is 12.2. The number of morpholine rings is 3. The summed E-state index contributed by atoms with van der Waals surface area (Å²) >= 11 is 6.03. The number of rotatable bonds is 11. The molecule has 4 aromatic carbocycles. The highest BCUT2D eigenvalue weighted by Crippen LogP contribution is 2.25. The summed E-state index contributed by atoms with van der Waals surface area (Å²) < 4.78 is 21.1. The van der Waals surface area contributed by atoms with Crippen LogP contribution in [0.2, 0.25) is 0 Å². The van der Waals surface area contributed by atoms with Crippen LogP contribution in [0.5, 0.6) is 0 Å². The lowest BCUT2D eigenvalue weighted by Crippen LogP contribution is -2.36. The molecule has 11 rings (SSSR count). The first kappa shape index (κ1) is 39.9. The van der Waals surface area contributed by atoms with Crippen LogP contribution in [0.1, 0.15) is 34.4 Å². The predicted octanol–water partition coefficient (Wildman–Crippen LogP) is 6.16. The van der Waals surface area contributed by atoms with Gasteiger partial charge < -0.3 is 33.3 Å². The molecule has 0 bridgehead atoms. The Hall–Kier alpha value is -5.19. The molecule has 316 valence electrons. The van der Waals surface area contributed by atoms with Crippen molar-refractivity contribution in [1.29, 1.82) is 0 Å². The molecular weight excluding hydrogens is 790 g/mol. The van der Waals surface area contributed by atoms with Gasteiger partial charge in [0, 0.05) is 51.7 Å². The van der Waals surface area contributed by atoms with E-state index in [-0.39, 0.29) is 0 Å². The molecule has 0 spiro atoms. The molecule has 4 aromatic heterocycles. The maximum atomic E-state index is 6.03. The molecular formula is C46H52ClN11O3. The zero-order chi connectivity index (χ0) is 41.0. The minimum atomic E-state index is 0.491. The Morgan fingerprint density at radius 1 is 0.459 bits per heavy atom. The third-order valence-electron chi connectivity index (χ3n) is 11.9. The van der Waals surface area contributed by atoms with Crippen LogP contribution in [-0.2, 0) is 52.8 Å². The Labute approximate surface area is 359 Å². The number of hydrogen-bond donors (Lipinski definition) is 2. The number of nitrogens with zero attached hydrogens (tertiary/aromatic N) is 9. The molecule has 0 unspecified atom stereocenters. The summed E-state index contributed by atoms with van der Waals surface area (Å²) in [6.07, 6.45) is 0. The summed E-state index contributed by atoms with van der Waals surface area (Å²) in [5.41, 5.74) is 10.8. The number of ether oxygens (including phenoxy) is 3.